The zero-order chi connectivity index (χ0) is 24.6. The van der Waals surface area contributed by atoms with Crippen molar-refractivity contribution in [3.8, 4) is 11.5 Å². The number of benzene rings is 2. The number of methoxy groups -OCH3 is 3. The number of carboxylic acid groups (broad SMARTS) is 1. The SMILES string of the molecule is COC(=O)[C@@H](N)CSCc1ccc(OC)cc1.COc1ccc(CSC[C@H](N)C(=O)O)cc1. The van der Waals surface area contributed by atoms with Gasteiger partial charge in [-0.15, -0.1) is 0 Å². The van der Waals surface area contributed by atoms with Gasteiger partial charge in [-0.3, -0.25) is 9.59 Å². The van der Waals surface area contributed by atoms with Crippen LogP contribution in [0.1, 0.15) is 11.1 Å². The second-order valence-corrected chi connectivity index (χ2v) is 8.86. The average Bonchev–Trinajstić information content (AvgIpc) is 2.84. The Morgan fingerprint density at radius 3 is 1.52 bits per heavy atom. The minimum Gasteiger partial charge on any atom is -0.497 e. The van der Waals surface area contributed by atoms with E-state index in [1.165, 1.54) is 24.4 Å². The van der Waals surface area contributed by atoms with Crippen molar-refractivity contribution >= 4 is 35.5 Å². The molecule has 2 aromatic rings. The Balaban J connectivity index is 0.000000331. The smallest absolute Gasteiger partial charge is 0.323 e. The molecule has 0 fully saturated rings. The summed E-state index contributed by atoms with van der Waals surface area (Å²) in [7, 11) is 4.60. The molecule has 0 heterocycles. The molecule has 2 rings (SSSR count). The van der Waals surface area contributed by atoms with Crippen LogP contribution < -0.4 is 20.9 Å². The molecule has 0 radical (unpaired) electrons. The number of esters is 1. The van der Waals surface area contributed by atoms with E-state index in [2.05, 4.69) is 4.74 Å². The van der Waals surface area contributed by atoms with Crippen LogP contribution in [0.3, 0.4) is 0 Å². The zero-order valence-corrected chi connectivity index (χ0v) is 20.7. The number of thioether (sulfide) groups is 2. The first kappa shape index (κ1) is 28.6. The molecule has 2 aromatic carbocycles. The molecule has 0 aliphatic carbocycles. The highest BCUT2D eigenvalue weighted by Gasteiger charge is 2.13. The van der Waals surface area contributed by atoms with Crippen LogP contribution in [0.4, 0.5) is 0 Å². The van der Waals surface area contributed by atoms with Gasteiger partial charge in [-0.2, -0.15) is 23.5 Å². The number of carboxylic acids is 1. The van der Waals surface area contributed by atoms with Gasteiger partial charge in [0.05, 0.1) is 21.3 Å². The Morgan fingerprint density at radius 2 is 1.18 bits per heavy atom. The van der Waals surface area contributed by atoms with Gasteiger partial charge in [-0.1, -0.05) is 24.3 Å². The van der Waals surface area contributed by atoms with Gasteiger partial charge in [0, 0.05) is 23.0 Å². The van der Waals surface area contributed by atoms with Gasteiger partial charge < -0.3 is 30.8 Å². The molecule has 182 valence electrons. The second-order valence-electron chi connectivity index (χ2n) is 6.80. The summed E-state index contributed by atoms with van der Waals surface area (Å²) < 4.78 is 14.7. The van der Waals surface area contributed by atoms with Crippen molar-refractivity contribution in [3.63, 3.8) is 0 Å². The molecule has 2 atom stereocenters. The van der Waals surface area contributed by atoms with E-state index in [1.54, 1.807) is 26.0 Å². The average molecular weight is 497 g/mol. The number of carbonyl (C=O) groups excluding carboxylic acids is 1. The van der Waals surface area contributed by atoms with Gasteiger partial charge in [0.25, 0.3) is 0 Å². The van der Waals surface area contributed by atoms with Crippen LogP contribution in [0.15, 0.2) is 48.5 Å². The quantitative estimate of drug-likeness (QED) is 0.377. The normalized spacial score (nSPS) is 12.0. The molecule has 33 heavy (non-hydrogen) atoms. The first-order chi connectivity index (χ1) is 15.8. The summed E-state index contributed by atoms with van der Waals surface area (Å²) in [5, 5.41) is 8.59. The zero-order valence-electron chi connectivity index (χ0n) is 19.1. The highest BCUT2D eigenvalue weighted by molar-refractivity contribution is 7.98. The highest BCUT2D eigenvalue weighted by Crippen LogP contribution is 2.18. The van der Waals surface area contributed by atoms with Crippen molar-refractivity contribution in [2.45, 2.75) is 23.6 Å². The van der Waals surface area contributed by atoms with Gasteiger partial charge in [-0.25, -0.2) is 0 Å². The third kappa shape index (κ3) is 11.9. The fraction of sp³-hybridized carbons (Fsp3) is 0.391. The van der Waals surface area contributed by atoms with Crippen molar-refractivity contribution in [2.75, 3.05) is 32.8 Å². The predicted octanol–water partition coefficient (Wildman–Crippen LogP) is 2.77. The number of nitrogens with two attached hydrogens (primary N) is 2. The lowest BCUT2D eigenvalue weighted by atomic mass is 10.2. The molecule has 10 heteroatoms. The van der Waals surface area contributed by atoms with Gasteiger partial charge in [0.1, 0.15) is 23.6 Å². The van der Waals surface area contributed by atoms with E-state index in [1.807, 2.05) is 48.5 Å². The number of ether oxygens (including phenoxy) is 3. The number of hydrogen-bond acceptors (Lipinski definition) is 9. The van der Waals surface area contributed by atoms with Gasteiger partial charge in [0.2, 0.25) is 0 Å². The molecule has 0 saturated carbocycles. The van der Waals surface area contributed by atoms with Crippen LogP contribution in [-0.4, -0.2) is 62.0 Å². The van der Waals surface area contributed by atoms with Crippen molar-refractivity contribution in [2.24, 2.45) is 11.5 Å². The lowest BCUT2D eigenvalue weighted by molar-refractivity contribution is -0.141. The molecule has 0 spiro atoms. The fourth-order valence-electron chi connectivity index (χ4n) is 2.34. The Hall–Kier alpha value is -2.40. The van der Waals surface area contributed by atoms with E-state index >= 15 is 0 Å². The van der Waals surface area contributed by atoms with Crippen molar-refractivity contribution in [1.29, 1.82) is 0 Å². The summed E-state index contributed by atoms with van der Waals surface area (Å²) in [4.78, 5) is 21.5. The van der Waals surface area contributed by atoms with E-state index in [4.69, 9.17) is 26.0 Å². The number of aliphatic carboxylic acids is 1. The van der Waals surface area contributed by atoms with Crippen LogP contribution >= 0.6 is 23.5 Å². The van der Waals surface area contributed by atoms with Crippen LogP contribution in [-0.2, 0) is 25.8 Å². The lowest BCUT2D eigenvalue weighted by Gasteiger charge is -2.08. The molecule has 8 nitrogen and oxygen atoms in total. The molecule has 0 aliphatic heterocycles. The van der Waals surface area contributed by atoms with Gasteiger partial charge in [-0.05, 0) is 35.4 Å². The monoisotopic (exact) mass is 496 g/mol. The molecular formula is C23H32N2O6S2. The second kappa shape index (κ2) is 16.2. The first-order valence-corrected chi connectivity index (χ1v) is 12.3. The minimum atomic E-state index is -0.956. The third-order valence-corrected chi connectivity index (χ3v) is 6.54. The summed E-state index contributed by atoms with van der Waals surface area (Å²) >= 11 is 3.11. The molecule has 0 bridgehead atoms. The summed E-state index contributed by atoms with van der Waals surface area (Å²) in [6, 6.07) is 14.2. The molecule has 0 amide bonds. The van der Waals surface area contributed by atoms with Crippen molar-refractivity contribution < 1.29 is 28.9 Å². The number of rotatable bonds is 12. The van der Waals surface area contributed by atoms with E-state index in [0.29, 0.717) is 11.5 Å². The summed E-state index contributed by atoms with van der Waals surface area (Å²) in [5.74, 6) is 2.87. The van der Waals surface area contributed by atoms with Gasteiger partial charge in [0.15, 0.2) is 0 Å². The summed E-state index contributed by atoms with van der Waals surface area (Å²) in [6.45, 7) is 0. The Labute approximate surface area is 203 Å². The first-order valence-electron chi connectivity index (χ1n) is 10.0. The predicted molar refractivity (Wildman–Crippen MR) is 134 cm³/mol. The highest BCUT2D eigenvalue weighted by atomic mass is 32.2. The topological polar surface area (TPSA) is 134 Å². The fourth-order valence-corrected chi connectivity index (χ4v) is 4.22. The molecule has 0 saturated heterocycles. The van der Waals surface area contributed by atoms with Gasteiger partial charge >= 0.3 is 11.9 Å². The maximum Gasteiger partial charge on any atom is 0.323 e. The van der Waals surface area contributed by atoms with E-state index in [-0.39, 0.29) is 5.97 Å². The molecule has 0 unspecified atom stereocenters. The van der Waals surface area contributed by atoms with Crippen LogP contribution in [0.5, 0.6) is 11.5 Å². The lowest BCUT2D eigenvalue weighted by Crippen LogP contribution is -2.33. The standard InChI is InChI=1S/C12H17NO3S.C11H15NO3S/c1-15-10-5-3-9(4-6-10)7-17-8-11(13)12(14)16-2;1-15-9-4-2-8(3-5-9)6-16-7-10(12)11(13)14/h3-6,11H,7-8,13H2,1-2H3;2-5,10H,6-7,12H2,1H3,(H,13,14)/t11-;10-/m00/s1. The molecular weight excluding hydrogens is 464 g/mol. The van der Waals surface area contributed by atoms with E-state index < -0.39 is 18.1 Å². The van der Waals surface area contributed by atoms with Crippen molar-refractivity contribution in [1.82, 2.24) is 0 Å². The van der Waals surface area contributed by atoms with Crippen LogP contribution in [0.25, 0.3) is 0 Å². The maximum atomic E-state index is 11.1. The molecule has 5 N–H and O–H groups in total. The van der Waals surface area contributed by atoms with Crippen molar-refractivity contribution in [3.05, 3.63) is 59.7 Å². The summed E-state index contributed by atoms with van der Waals surface area (Å²) in [5.41, 5.74) is 13.3. The summed E-state index contributed by atoms with van der Waals surface area (Å²) in [6.07, 6.45) is 0. The third-order valence-electron chi connectivity index (χ3n) is 4.27. The maximum absolute atomic E-state index is 11.1. The largest absolute Gasteiger partial charge is 0.497 e. The minimum absolute atomic E-state index is 0.368. The molecule has 0 aromatic heterocycles. The Kier molecular flexibility index (Phi) is 14.1. The Morgan fingerprint density at radius 1 is 0.788 bits per heavy atom. The van der Waals surface area contributed by atoms with E-state index in [9.17, 15) is 9.59 Å². The number of hydrogen-bond donors (Lipinski definition) is 3. The number of carbonyl (C=O) groups is 2. The Bertz CT molecular complexity index is 834. The molecule has 0 aliphatic rings. The van der Waals surface area contributed by atoms with Crippen LogP contribution in [0.2, 0.25) is 0 Å². The van der Waals surface area contributed by atoms with E-state index in [0.717, 1.165) is 28.6 Å². The van der Waals surface area contributed by atoms with Crippen LogP contribution in [0, 0.1) is 0 Å².